The molecule has 0 bridgehead atoms. The normalized spacial score (nSPS) is 14.0. The summed E-state index contributed by atoms with van der Waals surface area (Å²) < 4.78 is 28.8. The Kier molecular flexibility index (Phi) is 4.38. The number of aryl methyl sites for hydroxylation is 2. The molecule has 27 heavy (non-hydrogen) atoms. The molecule has 3 aromatic rings. The van der Waals surface area contributed by atoms with Crippen molar-refractivity contribution in [2.24, 2.45) is 7.05 Å². The summed E-state index contributed by atoms with van der Waals surface area (Å²) in [7, 11) is 1.76. The number of anilines is 2. The van der Waals surface area contributed by atoms with Crippen molar-refractivity contribution in [1.82, 2.24) is 9.55 Å². The fourth-order valence-corrected chi connectivity index (χ4v) is 4.17. The maximum atomic E-state index is 13.3. The van der Waals surface area contributed by atoms with Crippen LogP contribution in [0.15, 0.2) is 35.1 Å². The highest BCUT2D eigenvalue weighted by Gasteiger charge is 2.24. The van der Waals surface area contributed by atoms with Crippen LogP contribution >= 0.6 is 15.9 Å². The fourth-order valence-electron chi connectivity index (χ4n) is 3.61. The predicted molar refractivity (Wildman–Crippen MR) is 102 cm³/mol. The molecular weight excluding hydrogens is 420 g/mol. The third-order valence-corrected chi connectivity index (χ3v) is 5.61. The first-order chi connectivity index (χ1) is 12.9. The summed E-state index contributed by atoms with van der Waals surface area (Å²) in [5, 5.41) is 10.0. The zero-order valence-electron chi connectivity index (χ0n) is 14.4. The smallest absolute Gasteiger partial charge is 0.337 e. The van der Waals surface area contributed by atoms with Crippen molar-refractivity contribution in [2.45, 2.75) is 19.3 Å². The standard InChI is InChI=1S/C19H16BrF2N3O2/c1-24-9-13(19(26)27)11-7-17(23-8-16(11)24)25-4-2-3-10-5-14(20)12(18(21)22)6-15(10)25/h5-9,18H,2-4H2,1H3,(H,26,27). The van der Waals surface area contributed by atoms with Crippen molar-refractivity contribution in [3.05, 3.63) is 51.8 Å². The van der Waals surface area contributed by atoms with E-state index in [1.54, 1.807) is 36.1 Å². The van der Waals surface area contributed by atoms with Crippen molar-refractivity contribution < 1.29 is 18.7 Å². The number of hydrogen-bond donors (Lipinski definition) is 1. The molecule has 4 rings (SSSR count). The first-order valence-corrected chi connectivity index (χ1v) is 9.22. The van der Waals surface area contributed by atoms with Crippen LogP contribution in [0.4, 0.5) is 20.3 Å². The number of carboxylic acids is 1. The van der Waals surface area contributed by atoms with Gasteiger partial charge in [-0.1, -0.05) is 15.9 Å². The second-order valence-electron chi connectivity index (χ2n) is 6.58. The number of benzene rings is 1. The molecule has 0 atom stereocenters. The average Bonchev–Trinajstić information content (AvgIpc) is 2.96. The third kappa shape index (κ3) is 2.97. The lowest BCUT2D eigenvalue weighted by molar-refractivity contribution is 0.0698. The van der Waals surface area contributed by atoms with E-state index in [1.807, 2.05) is 4.90 Å². The van der Waals surface area contributed by atoms with Crippen molar-refractivity contribution in [1.29, 1.82) is 0 Å². The van der Waals surface area contributed by atoms with Gasteiger partial charge in [-0.05, 0) is 36.6 Å². The number of rotatable bonds is 3. The lowest BCUT2D eigenvalue weighted by Crippen LogP contribution is -2.25. The van der Waals surface area contributed by atoms with Crippen LogP contribution in [-0.4, -0.2) is 27.2 Å². The summed E-state index contributed by atoms with van der Waals surface area (Å²) in [6, 6.07) is 4.96. The number of alkyl halides is 2. The van der Waals surface area contributed by atoms with Crippen LogP contribution in [0.5, 0.6) is 0 Å². The zero-order valence-corrected chi connectivity index (χ0v) is 16.0. The van der Waals surface area contributed by atoms with Gasteiger partial charge in [-0.15, -0.1) is 0 Å². The summed E-state index contributed by atoms with van der Waals surface area (Å²) in [5.74, 6) is -0.458. The highest BCUT2D eigenvalue weighted by Crippen LogP contribution is 2.39. The summed E-state index contributed by atoms with van der Waals surface area (Å²) in [5.41, 5.74) is 2.49. The van der Waals surface area contributed by atoms with E-state index < -0.39 is 12.4 Å². The lowest BCUT2D eigenvalue weighted by atomic mass is 9.99. The monoisotopic (exact) mass is 435 g/mol. The van der Waals surface area contributed by atoms with Crippen LogP contribution < -0.4 is 4.90 Å². The van der Waals surface area contributed by atoms with Crippen LogP contribution in [0, 0.1) is 0 Å². The molecule has 0 unspecified atom stereocenters. The van der Waals surface area contributed by atoms with E-state index in [-0.39, 0.29) is 11.1 Å². The molecule has 0 saturated heterocycles. The SMILES string of the molecule is Cn1cc(C(=O)O)c2cc(N3CCCc4cc(Br)c(C(F)F)cc43)ncc21. The molecule has 0 saturated carbocycles. The Morgan fingerprint density at radius 3 is 2.81 bits per heavy atom. The largest absolute Gasteiger partial charge is 0.478 e. The van der Waals surface area contributed by atoms with Gasteiger partial charge in [0.05, 0.1) is 17.3 Å². The van der Waals surface area contributed by atoms with Gasteiger partial charge >= 0.3 is 5.97 Å². The van der Waals surface area contributed by atoms with E-state index in [0.29, 0.717) is 33.4 Å². The molecule has 0 aliphatic carbocycles. The summed E-state index contributed by atoms with van der Waals surface area (Å²) in [6.45, 7) is 0.630. The van der Waals surface area contributed by atoms with E-state index in [9.17, 15) is 18.7 Å². The minimum absolute atomic E-state index is 0.0623. The van der Waals surface area contributed by atoms with Crippen LogP contribution in [0.2, 0.25) is 0 Å². The Morgan fingerprint density at radius 1 is 1.33 bits per heavy atom. The first-order valence-electron chi connectivity index (χ1n) is 8.43. The van der Waals surface area contributed by atoms with E-state index >= 15 is 0 Å². The van der Waals surface area contributed by atoms with E-state index in [0.717, 1.165) is 18.4 Å². The number of aromatic nitrogens is 2. The molecule has 3 heterocycles. The van der Waals surface area contributed by atoms with Crippen molar-refractivity contribution in [2.75, 3.05) is 11.4 Å². The minimum atomic E-state index is -2.59. The molecule has 140 valence electrons. The van der Waals surface area contributed by atoms with Gasteiger partial charge in [0.25, 0.3) is 6.43 Å². The number of aromatic carboxylic acids is 1. The summed E-state index contributed by atoms with van der Waals surface area (Å²) in [6.07, 6.45) is 2.24. The van der Waals surface area contributed by atoms with E-state index in [1.165, 1.54) is 6.07 Å². The van der Waals surface area contributed by atoms with Crippen molar-refractivity contribution >= 4 is 44.3 Å². The van der Waals surface area contributed by atoms with Gasteiger partial charge in [0, 0.05) is 40.9 Å². The third-order valence-electron chi connectivity index (χ3n) is 4.92. The van der Waals surface area contributed by atoms with Crippen molar-refractivity contribution in [3.8, 4) is 0 Å². The van der Waals surface area contributed by atoms with Crippen molar-refractivity contribution in [3.63, 3.8) is 0 Å². The minimum Gasteiger partial charge on any atom is -0.478 e. The van der Waals surface area contributed by atoms with Gasteiger partial charge in [-0.25, -0.2) is 18.6 Å². The highest BCUT2D eigenvalue weighted by atomic mass is 79.9. The molecule has 0 spiro atoms. The highest BCUT2D eigenvalue weighted by molar-refractivity contribution is 9.10. The molecule has 1 aliphatic rings. The molecule has 1 aliphatic heterocycles. The predicted octanol–water partition coefficient (Wildman–Crippen LogP) is 5.06. The Morgan fingerprint density at radius 2 is 2.11 bits per heavy atom. The van der Waals surface area contributed by atoms with Gasteiger partial charge in [0.1, 0.15) is 5.82 Å². The molecule has 1 N–H and O–H groups in total. The topological polar surface area (TPSA) is 58.4 Å². The van der Waals surface area contributed by atoms with E-state index in [2.05, 4.69) is 20.9 Å². The Labute approximate surface area is 162 Å². The van der Waals surface area contributed by atoms with Gasteiger partial charge in [0.15, 0.2) is 0 Å². The number of carboxylic acid groups (broad SMARTS) is 1. The first kappa shape index (κ1) is 17.9. The molecule has 0 fully saturated rings. The van der Waals surface area contributed by atoms with Crippen LogP contribution in [-0.2, 0) is 13.5 Å². The number of nitrogens with zero attached hydrogens (tertiary/aromatic N) is 3. The number of pyridine rings is 1. The Hall–Kier alpha value is -2.48. The molecule has 0 radical (unpaired) electrons. The number of fused-ring (bicyclic) bond motifs is 2. The van der Waals surface area contributed by atoms with Gasteiger partial charge in [-0.3, -0.25) is 0 Å². The molecule has 1 aromatic carbocycles. The lowest BCUT2D eigenvalue weighted by Gasteiger charge is -2.31. The maximum absolute atomic E-state index is 13.3. The van der Waals surface area contributed by atoms with Crippen LogP contribution in [0.3, 0.4) is 0 Å². The average molecular weight is 436 g/mol. The van der Waals surface area contributed by atoms with Gasteiger partial charge in [-0.2, -0.15) is 0 Å². The van der Waals surface area contributed by atoms with Crippen LogP contribution in [0.25, 0.3) is 10.9 Å². The molecule has 2 aromatic heterocycles. The molecular formula is C19H16BrF2N3O2. The zero-order chi connectivity index (χ0) is 19.3. The fraction of sp³-hybridized carbons (Fsp3) is 0.263. The number of halogens is 3. The Balaban J connectivity index is 1.87. The second kappa shape index (κ2) is 6.60. The van der Waals surface area contributed by atoms with Gasteiger partial charge in [0.2, 0.25) is 0 Å². The van der Waals surface area contributed by atoms with E-state index in [4.69, 9.17) is 0 Å². The second-order valence-corrected chi connectivity index (χ2v) is 7.43. The molecule has 8 heteroatoms. The van der Waals surface area contributed by atoms with Gasteiger partial charge < -0.3 is 14.6 Å². The molecule has 0 amide bonds. The quantitative estimate of drug-likeness (QED) is 0.624. The maximum Gasteiger partial charge on any atom is 0.337 e. The summed E-state index contributed by atoms with van der Waals surface area (Å²) in [4.78, 5) is 17.9. The van der Waals surface area contributed by atoms with Crippen LogP contribution in [0.1, 0.15) is 34.3 Å². The summed E-state index contributed by atoms with van der Waals surface area (Å²) >= 11 is 3.23. The molecule has 5 nitrogen and oxygen atoms in total. The Bertz CT molecular complexity index is 1060. The number of carbonyl (C=O) groups is 1. The number of hydrogen-bond acceptors (Lipinski definition) is 3.